The number of aryl methyl sites for hydroxylation is 3. The molecule has 3 nitrogen and oxygen atoms in total. The second kappa shape index (κ2) is 7.32. The molecule has 2 aromatic carbocycles. The average molecular weight is 318 g/mol. The molecule has 1 N–H and O–H groups in total. The van der Waals surface area contributed by atoms with Crippen LogP contribution in [0, 0.1) is 13.8 Å². The minimum Gasteiger partial charge on any atom is -0.495 e. The van der Waals surface area contributed by atoms with Crippen LogP contribution in [0.2, 0.25) is 5.02 Å². The van der Waals surface area contributed by atoms with Crippen molar-refractivity contribution in [2.45, 2.75) is 26.7 Å². The molecule has 22 heavy (non-hydrogen) atoms. The van der Waals surface area contributed by atoms with Crippen molar-refractivity contribution in [3.63, 3.8) is 0 Å². The lowest BCUT2D eigenvalue weighted by Gasteiger charge is -2.11. The molecule has 4 heteroatoms. The van der Waals surface area contributed by atoms with Gasteiger partial charge in [0.15, 0.2) is 0 Å². The third-order valence-electron chi connectivity index (χ3n) is 3.65. The quantitative estimate of drug-likeness (QED) is 0.879. The number of methoxy groups -OCH3 is 1. The van der Waals surface area contributed by atoms with E-state index < -0.39 is 0 Å². The maximum Gasteiger partial charge on any atom is 0.224 e. The van der Waals surface area contributed by atoms with E-state index in [1.165, 1.54) is 11.1 Å². The van der Waals surface area contributed by atoms with E-state index in [-0.39, 0.29) is 5.91 Å². The number of benzene rings is 2. The Labute approximate surface area is 136 Å². The van der Waals surface area contributed by atoms with Crippen LogP contribution in [0.4, 0.5) is 5.69 Å². The van der Waals surface area contributed by atoms with Crippen LogP contribution in [0.3, 0.4) is 0 Å². The van der Waals surface area contributed by atoms with Crippen LogP contribution in [0.15, 0.2) is 36.4 Å². The Kier molecular flexibility index (Phi) is 5.45. The average Bonchev–Trinajstić information content (AvgIpc) is 2.49. The van der Waals surface area contributed by atoms with E-state index in [0.29, 0.717) is 29.3 Å². The first kappa shape index (κ1) is 16.4. The number of halogens is 1. The number of hydrogen-bond donors (Lipinski definition) is 1. The molecule has 0 bridgehead atoms. The van der Waals surface area contributed by atoms with Gasteiger partial charge in [0.05, 0.1) is 12.8 Å². The van der Waals surface area contributed by atoms with Gasteiger partial charge in [-0.25, -0.2) is 0 Å². The molecule has 0 spiro atoms. The zero-order valence-corrected chi connectivity index (χ0v) is 13.8. The van der Waals surface area contributed by atoms with Gasteiger partial charge in [-0.15, -0.1) is 0 Å². The van der Waals surface area contributed by atoms with E-state index in [1.54, 1.807) is 25.3 Å². The highest BCUT2D eigenvalue weighted by Crippen LogP contribution is 2.27. The summed E-state index contributed by atoms with van der Waals surface area (Å²) in [6.45, 7) is 4.16. The van der Waals surface area contributed by atoms with Crippen molar-refractivity contribution < 1.29 is 9.53 Å². The van der Waals surface area contributed by atoms with E-state index in [1.807, 2.05) is 0 Å². The van der Waals surface area contributed by atoms with Gasteiger partial charge in [0, 0.05) is 11.4 Å². The van der Waals surface area contributed by atoms with Crippen LogP contribution in [0.5, 0.6) is 5.75 Å². The van der Waals surface area contributed by atoms with E-state index in [2.05, 4.69) is 37.4 Å². The van der Waals surface area contributed by atoms with Crippen molar-refractivity contribution in [2.24, 2.45) is 0 Å². The molecule has 116 valence electrons. The van der Waals surface area contributed by atoms with E-state index >= 15 is 0 Å². The van der Waals surface area contributed by atoms with Crippen molar-refractivity contribution in [1.82, 2.24) is 0 Å². The van der Waals surface area contributed by atoms with Crippen molar-refractivity contribution in [2.75, 3.05) is 12.4 Å². The molecule has 0 atom stereocenters. The normalized spacial score (nSPS) is 10.4. The molecule has 0 unspecified atom stereocenters. The minimum absolute atomic E-state index is 0.0567. The minimum atomic E-state index is -0.0567. The summed E-state index contributed by atoms with van der Waals surface area (Å²) in [5, 5.41) is 3.41. The van der Waals surface area contributed by atoms with E-state index in [0.717, 1.165) is 5.56 Å². The Balaban J connectivity index is 1.98. The number of carbonyl (C=O) groups is 1. The van der Waals surface area contributed by atoms with Gasteiger partial charge in [-0.3, -0.25) is 4.79 Å². The topological polar surface area (TPSA) is 38.3 Å². The van der Waals surface area contributed by atoms with Crippen LogP contribution in [-0.4, -0.2) is 13.0 Å². The largest absolute Gasteiger partial charge is 0.495 e. The summed E-state index contributed by atoms with van der Waals surface area (Å²) in [4.78, 5) is 12.1. The molecule has 0 saturated heterocycles. The SMILES string of the molecule is COc1ccc(Cl)cc1NC(=O)CCc1ccc(C)c(C)c1. The Hall–Kier alpha value is -2.00. The fraction of sp³-hybridized carbons (Fsp3) is 0.278. The molecule has 0 radical (unpaired) electrons. The molecule has 0 aliphatic rings. The second-order valence-electron chi connectivity index (χ2n) is 5.31. The van der Waals surface area contributed by atoms with Crippen LogP contribution in [0.1, 0.15) is 23.1 Å². The second-order valence-corrected chi connectivity index (χ2v) is 5.75. The molecule has 0 saturated carbocycles. The van der Waals surface area contributed by atoms with Crippen molar-refractivity contribution in [1.29, 1.82) is 0 Å². The summed E-state index contributed by atoms with van der Waals surface area (Å²) in [5.41, 5.74) is 4.27. The fourth-order valence-corrected chi connectivity index (χ4v) is 2.38. The van der Waals surface area contributed by atoms with Crippen molar-refractivity contribution >= 4 is 23.2 Å². The van der Waals surface area contributed by atoms with E-state index in [9.17, 15) is 4.79 Å². The zero-order valence-electron chi connectivity index (χ0n) is 13.1. The van der Waals surface area contributed by atoms with Crippen LogP contribution >= 0.6 is 11.6 Å². The van der Waals surface area contributed by atoms with Gasteiger partial charge in [-0.05, 0) is 55.2 Å². The molecule has 2 aromatic rings. The number of carbonyl (C=O) groups excluding carboxylic acids is 1. The number of nitrogens with one attached hydrogen (secondary N) is 1. The molecule has 0 heterocycles. The fourth-order valence-electron chi connectivity index (χ4n) is 2.21. The molecule has 0 aromatic heterocycles. The van der Waals surface area contributed by atoms with Crippen LogP contribution < -0.4 is 10.1 Å². The highest BCUT2D eigenvalue weighted by atomic mass is 35.5. The Bertz CT molecular complexity index is 683. The molecule has 0 aliphatic heterocycles. The number of rotatable bonds is 5. The van der Waals surface area contributed by atoms with Crippen LogP contribution in [0.25, 0.3) is 0 Å². The lowest BCUT2D eigenvalue weighted by molar-refractivity contribution is -0.116. The summed E-state index contributed by atoms with van der Waals surface area (Å²) in [6, 6.07) is 11.4. The highest BCUT2D eigenvalue weighted by molar-refractivity contribution is 6.31. The number of ether oxygens (including phenoxy) is 1. The predicted octanol–water partition coefficient (Wildman–Crippen LogP) is 4.54. The Morgan fingerprint density at radius 3 is 2.59 bits per heavy atom. The van der Waals surface area contributed by atoms with Gasteiger partial charge in [0.2, 0.25) is 5.91 Å². The molecule has 1 amide bonds. The molecular weight excluding hydrogens is 298 g/mol. The lowest BCUT2D eigenvalue weighted by Crippen LogP contribution is -2.13. The maximum absolute atomic E-state index is 12.1. The third kappa shape index (κ3) is 4.25. The number of amides is 1. The van der Waals surface area contributed by atoms with Gasteiger partial charge in [-0.2, -0.15) is 0 Å². The Morgan fingerprint density at radius 2 is 1.91 bits per heavy atom. The molecular formula is C18H20ClNO2. The first-order chi connectivity index (χ1) is 10.5. The predicted molar refractivity (Wildman–Crippen MR) is 90.9 cm³/mol. The molecule has 0 fully saturated rings. The summed E-state index contributed by atoms with van der Waals surface area (Å²) in [7, 11) is 1.56. The van der Waals surface area contributed by atoms with Gasteiger partial charge in [0.25, 0.3) is 0 Å². The van der Waals surface area contributed by atoms with Gasteiger partial charge in [-0.1, -0.05) is 29.8 Å². The van der Waals surface area contributed by atoms with Gasteiger partial charge < -0.3 is 10.1 Å². The highest BCUT2D eigenvalue weighted by Gasteiger charge is 2.09. The van der Waals surface area contributed by atoms with E-state index in [4.69, 9.17) is 16.3 Å². The van der Waals surface area contributed by atoms with Gasteiger partial charge >= 0.3 is 0 Å². The third-order valence-corrected chi connectivity index (χ3v) is 3.88. The number of anilines is 1. The smallest absolute Gasteiger partial charge is 0.224 e. The lowest BCUT2D eigenvalue weighted by atomic mass is 10.0. The molecule has 2 rings (SSSR count). The summed E-state index contributed by atoms with van der Waals surface area (Å²) in [5.74, 6) is 0.544. The first-order valence-electron chi connectivity index (χ1n) is 7.19. The summed E-state index contributed by atoms with van der Waals surface area (Å²) in [6.07, 6.45) is 1.12. The first-order valence-corrected chi connectivity index (χ1v) is 7.57. The summed E-state index contributed by atoms with van der Waals surface area (Å²) < 4.78 is 5.22. The van der Waals surface area contributed by atoms with Gasteiger partial charge in [0.1, 0.15) is 5.75 Å². The van der Waals surface area contributed by atoms with Crippen LogP contribution in [-0.2, 0) is 11.2 Å². The molecule has 0 aliphatic carbocycles. The monoisotopic (exact) mass is 317 g/mol. The summed E-state index contributed by atoms with van der Waals surface area (Å²) >= 11 is 5.96. The zero-order chi connectivity index (χ0) is 16.1. The standard InChI is InChI=1S/C18H20ClNO2/c1-12-4-5-14(10-13(12)2)6-9-18(21)20-16-11-15(19)7-8-17(16)22-3/h4-5,7-8,10-11H,6,9H2,1-3H3,(H,20,21). The maximum atomic E-state index is 12.1. The van der Waals surface area contributed by atoms with Crippen molar-refractivity contribution in [3.05, 3.63) is 58.1 Å². The van der Waals surface area contributed by atoms with Crippen molar-refractivity contribution in [3.8, 4) is 5.75 Å². The Morgan fingerprint density at radius 1 is 1.14 bits per heavy atom. The number of hydrogen-bond acceptors (Lipinski definition) is 2.